The first-order valence-electron chi connectivity index (χ1n) is 8.32. The van der Waals surface area contributed by atoms with E-state index in [0.29, 0.717) is 18.4 Å². The summed E-state index contributed by atoms with van der Waals surface area (Å²) in [7, 11) is 0. The molecule has 3 aromatic rings. The van der Waals surface area contributed by atoms with E-state index in [0.717, 1.165) is 23.7 Å². The minimum Gasteiger partial charge on any atom is -0.494 e. The molecule has 6 heteroatoms. The molecule has 0 saturated heterocycles. The molecule has 0 spiro atoms. The zero-order chi connectivity index (χ0) is 17.5. The summed E-state index contributed by atoms with van der Waals surface area (Å²) in [5.41, 5.74) is 1.95. The Morgan fingerprint density at radius 3 is 2.44 bits per heavy atom. The smallest absolute Gasteiger partial charge is 0.251 e. The van der Waals surface area contributed by atoms with Gasteiger partial charge < -0.3 is 15.0 Å². The Balaban J connectivity index is 1.79. The summed E-state index contributed by atoms with van der Waals surface area (Å²) in [4.78, 5) is 6.59. The summed E-state index contributed by atoms with van der Waals surface area (Å²) >= 11 is 0. The molecule has 0 atom stereocenters. The first-order chi connectivity index (χ1) is 12.3. The summed E-state index contributed by atoms with van der Waals surface area (Å²) in [6, 6.07) is 17.8. The van der Waals surface area contributed by atoms with Crippen molar-refractivity contribution in [2.45, 2.75) is 13.8 Å². The second kappa shape index (κ2) is 8.10. The molecule has 0 radical (unpaired) electrons. The van der Waals surface area contributed by atoms with Crippen molar-refractivity contribution >= 4 is 23.1 Å². The lowest BCUT2D eigenvalue weighted by Gasteiger charge is -2.20. The van der Waals surface area contributed by atoms with Gasteiger partial charge in [-0.05, 0) is 50.2 Å². The summed E-state index contributed by atoms with van der Waals surface area (Å²) in [5.74, 6) is 2.05. The molecule has 0 amide bonds. The predicted molar refractivity (Wildman–Crippen MR) is 99.8 cm³/mol. The number of benzene rings is 2. The van der Waals surface area contributed by atoms with Crippen molar-refractivity contribution in [3.05, 3.63) is 60.8 Å². The Bertz CT molecular complexity index is 792. The standard InChI is InChI=1S/C19H21N5O/c1-3-24(16-8-6-5-7-9-16)19-22-18(14-20-23-19)21-15-10-12-17(13-11-15)25-4-2/h5-14H,3-4H2,1-2H3,(H,21,22,23). The maximum atomic E-state index is 5.45. The third kappa shape index (κ3) is 4.23. The minimum atomic E-state index is 0.560. The largest absolute Gasteiger partial charge is 0.494 e. The second-order valence-electron chi connectivity index (χ2n) is 5.30. The maximum Gasteiger partial charge on any atom is 0.251 e. The number of rotatable bonds is 7. The van der Waals surface area contributed by atoms with Crippen LogP contribution >= 0.6 is 0 Å². The normalized spacial score (nSPS) is 10.3. The number of nitrogens with one attached hydrogen (secondary N) is 1. The van der Waals surface area contributed by atoms with E-state index in [1.165, 1.54) is 0 Å². The van der Waals surface area contributed by atoms with Gasteiger partial charge in [0.1, 0.15) is 5.75 Å². The fourth-order valence-electron chi connectivity index (χ4n) is 2.47. The number of aromatic nitrogens is 3. The monoisotopic (exact) mass is 335 g/mol. The van der Waals surface area contributed by atoms with Crippen molar-refractivity contribution < 1.29 is 4.74 Å². The van der Waals surface area contributed by atoms with Gasteiger partial charge in [0.25, 0.3) is 5.95 Å². The number of para-hydroxylation sites is 1. The molecule has 1 aromatic heterocycles. The van der Waals surface area contributed by atoms with Gasteiger partial charge in [-0.2, -0.15) is 10.1 Å². The molecule has 0 fully saturated rings. The van der Waals surface area contributed by atoms with Crippen molar-refractivity contribution in [1.82, 2.24) is 15.2 Å². The highest BCUT2D eigenvalue weighted by Crippen LogP contribution is 2.23. The van der Waals surface area contributed by atoms with Gasteiger partial charge in [-0.15, -0.1) is 5.10 Å². The highest BCUT2D eigenvalue weighted by atomic mass is 16.5. The lowest BCUT2D eigenvalue weighted by molar-refractivity contribution is 0.340. The molecule has 0 aliphatic rings. The third-order valence-corrected chi connectivity index (χ3v) is 3.61. The van der Waals surface area contributed by atoms with Gasteiger partial charge in [0.2, 0.25) is 0 Å². The van der Waals surface area contributed by atoms with E-state index >= 15 is 0 Å². The van der Waals surface area contributed by atoms with Crippen LogP contribution in [-0.2, 0) is 0 Å². The minimum absolute atomic E-state index is 0.560. The Hall–Kier alpha value is -3.15. The van der Waals surface area contributed by atoms with E-state index < -0.39 is 0 Å². The van der Waals surface area contributed by atoms with Gasteiger partial charge in [-0.25, -0.2) is 0 Å². The van der Waals surface area contributed by atoms with Crippen LogP contribution in [0.25, 0.3) is 0 Å². The molecule has 25 heavy (non-hydrogen) atoms. The van der Waals surface area contributed by atoms with Crippen LogP contribution in [-0.4, -0.2) is 28.3 Å². The summed E-state index contributed by atoms with van der Waals surface area (Å²) in [5, 5.41) is 11.5. The van der Waals surface area contributed by atoms with Crippen LogP contribution in [0.15, 0.2) is 60.8 Å². The predicted octanol–water partition coefficient (Wildman–Crippen LogP) is 4.17. The molecule has 0 aliphatic carbocycles. The molecule has 1 N–H and O–H groups in total. The molecule has 0 aliphatic heterocycles. The first-order valence-corrected chi connectivity index (χ1v) is 8.32. The molecule has 0 unspecified atom stereocenters. The summed E-state index contributed by atoms with van der Waals surface area (Å²) < 4.78 is 5.45. The van der Waals surface area contributed by atoms with Gasteiger partial charge in [-0.1, -0.05) is 18.2 Å². The average molecular weight is 335 g/mol. The van der Waals surface area contributed by atoms with Gasteiger partial charge in [0.05, 0.1) is 12.8 Å². The molecule has 0 saturated carbocycles. The molecule has 2 aromatic carbocycles. The highest BCUT2D eigenvalue weighted by molar-refractivity contribution is 5.60. The molecule has 0 bridgehead atoms. The van der Waals surface area contributed by atoms with E-state index in [1.54, 1.807) is 6.20 Å². The van der Waals surface area contributed by atoms with Gasteiger partial charge in [0.15, 0.2) is 5.82 Å². The molecule has 6 nitrogen and oxygen atoms in total. The zero-order valence-electron chi connectivity index (χ0n) is 14.4. The topological polar surface area (TPSA) is 63.2 Å². The van der Waals surface area contributed by atoms with Gasteiger partial charge in [0, 0.05) is 17.9 Å². The molecule has 3 rings (SSSR count). The Morgan fingerprint density at radius 1 is 1.00 bits per heavy atom. The molecular weight excluding hydrogens is 314 g/mol. The number of anilines is 4. The Labute approximate surface area is 147 Å². The number of hydrogen-bond donors (Lipinski definition) is 1. The lowest BCUT2D eigenvalue weighted by Crippen LogP contribution is -2.19. The fraction of sp³-hybridized carbons (Fsp3) is 0.211. The van der Waals surface area contributed by atoms with Crippen LogP contribution in [0.4, 0.5) is 23.1 Å². The number of hydrogen-bond acceptors (Lipinski definition) is 6. The molecular formula is C19H21N5O. The summed E-state index contributed by atoms with van der Waals surface area (Å²) in [6.45, 7) is 5.42. The van der Waals surface area contributed by atoms with Crippen LogP contribution in [0.2, 0.25) is 0 Å². The third-order valence-electron chi connectivity index (χ3n) is 3.61. The van der Waals surface area contributed by atoms with E-state index in [9.17, 15) is 0 Å². The van der Waals surface area contributed by atoms with Crippen molar-refractivity contribution in [3.63, 3.8) is 0 Å². The summed E-state index contributed by atoms with van der Waals surface area (Å²) in [6.07, 6.45) is 1.61. The Kier molecular flexibility index (Phi) is 5.41. The molecule has 1 heterocycles. The number of ether oxygens (including phenoxy) is 1. The highest BCUT2D eigenvalue weighted by Gasteiger charge is 2.11. The molecule has 128 valence electrons. The van der Waals surface area contributed by atoms with Gasteiger partial charge in [-0.3, -0.25) is 0 Å². The van der Waals surface area contributed by atoms with Crippen molar-refractivity contribution in [2.75, 3.05) is 23.4 Å². The quantitative estimate of drug-likeness (QED) is 0.699. The van der Waals surface area contributed by atoms with Crippen molar-refractivity contribution in [2.24, 2.45) is 0 Å². The van der Waals surface area contributed by atoms with E-state index in [2.05, 4.69) is 27.4 Å². The van der Waals surface area contributed by atoms with Gasteiger partial charge >= 0.3 is 0 Å². The van der Waals surface area contributed by atoms with Crippen LogP contribution in [0.1, 0.15) is 13.8 Å². The SMILES string of the molecule is CCOc1ccc(Nc2cnnc(N(CC)c3ccccc3)n2)cc1. The van der Waals surface area contributed by atoms with E-state index in [1.807, 2.05) is 66.4 Å². The van der Waals surface area contributed by atoms with E-state index in [4.69, 9.17) is 4.74 Å². The van der Waals surface area contributed by atoms with Crippen molar-refractivity contribution in [1.29, 1.82) is 0 Å². The first kappa shape index (κ1) is 16.7. The second-order valence-corrected chi connectivity index (χ2v) is 5.30. The van der Waals surface area contributed by atoms with E-state index in [-0.39, 0.29) is 0 Å². The number of nitrogens with zero attached hydrogens (tertiary/aromatic N) is 4. The van der Waals surface area contributed by atoms with Crippen LogP contribution < -0.4 is 15.0 Å². The van der Waals surface area contributed by atoms with Crippen LogP contribution in [0.3, 0.4) is 0 Å². The maximum absolute atomic E-state index is 5.45. The Morgan fingerprint density at radius 2 is 1.76 bits per heavy atom. The van der Waals surface area contributed by atoms with Crippen LogP contribution in [0, 0.1) is 0 Å². The van der Waals surface area contributed by atoms with Crippen molar-refractivity contribution in [3.8, 4) is 5.75 Å². The lowest BCUT2D eigenvalue weighted by atomic mass is 10.3. The fourth-order valence-corrected chi connectivity index (χ4v) is 2.47. The average Bonchev–Trinajstić information content (AvgIpc) is 2.66. The zero-order valence-corrected chi connectivity index (χ0v) is 14.4. The van der Waals surface area contributed by atoms with Crippen LogP contribution in [0.5, 0.6) is 5.75 Å².